The van der Waals surface area contributed by atoms with E-state index in [1.54, 1.807) is 7.11 Å². The van der Waals surface area contributed by atoms with Crippen molar-refractivity contribution in [3.8, 4) is 11.5 Å². The Morgan fingerprint density at radius 1 is 1.05 bits per heavy atom. The van der Waals surface area contributed by atoms with Crippen LogP contribution in [-0.4, -0.2) is 13.7 Å². The molecule has 0 bridgehead atoms. The van der Waals surface area contributed by atoms with Crippen molar-refractivity contribution in [3.63, 3.8) is 0 Å². The van der Waals surface area contributed by atoms with Gasteiger partial charge in [-0.3, -0.25) is 0 Å². The van der Waals surface area contributed by atoms with Crippen LogP contribution in [0.15, 0.2) is 48.5 Å². The molecule has 0 saturated carbocycles. The summed E-state index contributed by atoms with van der Waals surface area (Å²) in [4.78, 5) is 0. The van der Waals surface area contributed by atoms with Gasteiger partial charge in [0.25, 0.3) is 0 Å². The first-order valence-electron chi connectivity index (χ1n) is 7.34. The number of hydrogen-bond acceptors (Lipinski definition) is 3. The van der Waals surface area contributed by atoms with Gasteiger partial charge in [0.1, 0.15) is 11.5 Å². The molecule has 0 spiro atoms. The molecule has 2 aromatic carbocycles. The summed E-state index contributed by atoms with van der Waals surface area (Å²) in [5.74, 6) is 1.76. The van der Waals surface area contributed by atoms with Crippen molar-refractivity contribution in [2.24, 2.45) is 5.73 Å². The largest absolute Gasteiger partial charge is 0.497 e. The number of hydrogen-bond donors (Lipinski definition) is 1. The summed E-state index contributed by atoms with van der Waals surface area (Å²) in [5.41, 5.74) is 8.42. The minimum Gasteiger partial charge on any atom is -0.497 e. The van der Waals surface area contributed by atoms with Crippen LogP contribution in [0.4, 0.5) is 0 Å². The summed E-state index contributed by atoms with van der Waals surface area (Å²) < 4.78 is 11.1. The van der Waals surface area contributed by atoms with Gasteiger partial charge in [-0.15, -0.1) is 0 Å². The van der Waals surface area contributed by atoms with Crippen LogP contribution < -0.4 is 15.2 Å². The van der Waals surface area contributed by atoms with Crippen LogP contribution in [0, 0.1) is 0 Å². The average molecular weight is 285 g/mol. The zero-order chi connectivity index (χ0) is 15.1. The van der Waals surface area contributed by atoms with E-state index in [0.29, 0.717) is 6.61 Å². The average Bonchev–Trinajstić information content (AvgIpc) is 2.55. The van der Waals surface area contributed by atoms with Gasteiger partial charge in [0.2, 0.25) is 0 Å². The molecule has 0 unspecified atom stereocenters. The Morgan fingerprint density at radius 2 is 1.76 bits per heavy atom. The lowest BCUT2D eigenvalue weighted by Crippen LogP contribution is -2.11. The Labute approximate surface area is 126 Å². The molecule has 0 amide bonds. The van der Waals surface area contributed by atoms with Crippen molar-refractivity contribution >= 4 is 0 Å². The van der Waals surface area contributed by atoms with Gasteiger partial charge in [0.05, 0.1) is 13.7 Å². The predicted molar refractivity (Wildman–Crippen MR) is 85.9 cm³/mol. The number of para-hydroxylation sites is 1. The summed E-state index contributed by atoms with van der Waals surface area (Å²) in [7, 11) is 1.67. The van der Waals surface area contributed by atoms with Gasteiger partial charge in [0, 0.05) is 18.0 Å². The Hall–Kier alpha value is -2.00. The van der Waals surface area contributed by atoms with E-state index in [1.807, 2.05) is 36.4 Å². The maximum atomic E-state index is 6.12. The highest BCUT2D eigenvalue weighted by atomic mass is 16.5. The lowest BCUT2D eigenvalue weighted by molar-refractivity contribution is 0.316. The number of rotatable bonds is 7. The van der Waals surface area contributed by atoms with Crippen molar-refractivity contribution in [2.75, 3.05) is 13.7 Å². The summed E-state index contributed by atoms with van der Waals surface area (Å²) in [6.07, 6.45) is 1.76. The van der Waals surface area contributed by atoms with Crippen molar-refractivity contribution in [1.82, 2.24) is 0 Å². The monoisotopic (exact) mass is 285 g/mol. The molecule has 3 nitrogen and oxygen atoms in total. The molecule has 21 heavy (non-hydrogen) atoms. The highest BCUT2D eigenvalue weighted by molar-refractivity contribution is 5.35. The lowest BCUT2D eigenvalue weighted by atomic mass is 10.0. The van der Waals surface area contributed by atoms with E-state index in [0.717, 1.165) is 29.9 Å². The van der Waals surface area contributed by atoms with Crippen LogP contribution in [0.25, 0.3) is 0 Å². The Kier molecular flexibility index (Phi) is 5.64. The molecular formula is C18H23NO2. The lowest BCUT2D eigenvalue weighted by Gasteiger charge is -2.15. The van der Waals surface area contributed by atoms with Crippen LogP contribution in [-0.2, 0) is 6.42 Å². The number of benzene rings is 2. The molecule has 2 rings (SSSR count). The van der Waals surface area contributed by atoms with Crippen molar-refractivity contribution in [2.45, 2.75) is 25.8 Å². The van der Waals surface area contributed by atoms with Crippen LogP contribution >= 0.6 is 0 Å². The van der Waals surface area contributed by atoms with Gasteiger partial charge < -0.3 is 15.2 Å². The fraction of sp³-hybridized carbons (Fsp3) is 0.333. The van der Waals surface area contributed by atoms with E-state index >= 15 is 0 Å². The molecule has 2 aromatic rings. The minimum absolute atomic E-state index is 0.0298. The van der Waals surface area contributed by atoms with Gasteiger partial charge in [-0.05, 0) is 30.2 Å². The molecular weight excluding hydrogens is 262 g/mol. The van der Waals surface area contributed by atoms with Gasteiger partial charge >= 0.3 is 0 Å². The molecule has 0 aliphatic rings. The molecule has 0 aliphatic carbocycles. The minimum atomic E-state index is 0.0298. The maximum Gasteiger partial charge on any atom is 0.124 e. The first kappa shape index (κ1) is 15.4. The maximum absolute atomic E-state index is 6.12. The Morgan fingerprint density at radius 3 is 2.43 bits per heavy atom. The summed E-state index contributed by atoms with van der Waals surface area (Å²) in [6.45, 7) is 2.72. The third-order valence-corrected chi connectivity index (χ3v) is 3.57. The predicted octanol–water partition coefficient (Wildman–Crippen LogP) is 3.73. The van der Waals surface area contributed by atoms with Gasteiger partial charge in [0.15, 0.2) is 0 Å². The molecule has 0 fully saturated rings. The molecule has 0 heterocycles. The third-order valence-electron chi connectivity index (χ3n) is 3.57. The third kappa shape index (κ3) is 4.23. The molecule has 0 saturated heterocycles. The van der Waals surface area contributed by atoms with Crippen LogP contribution in [0.5, 0.6) is 11.5 Å². The van der Waals surface area contributed by atoms with E-state index in [4.69, 9.17) is 15.2 Å². The molecule has 3 heteroatoms. The Balaban J connectivity index is 1.93. The zero-order valence-electron chi connectivity index (χ0n) is 12.7. The normalized spacial score (nSPS) is 12.0. The topological polar surface area (TPSA) is 44.5 Å². The quantitative estimate of drug-likeness (QED) is 0.843. The number of methoxy groups -OCH3 is 1. The van der Waals surface area contributed by atoms with Crippen molar-refractivity contribution < 1.29 is 9.47 Å². The zero-order valence-corrected chi connectivity index (χ0v) is 12.7. The fourth-order valence-electron chi connectivity index (χ4n) is 2.21. The van der Waals surface area contributed by atoms with Gasteiger partial charge in [-0.25, -0.2) is 0 Å². The first-order valence-corrected chi connectivity index (χ1v) is 7.34. The Bertz CT molecular complexity index is 551. The van der Waals surface area contributed by atoms with E-state index in [1.165, 1.54) is 5.56 Å². The molecule has 2 N–H and O–H groups in total. The van der Waals surface area contributed by atoms with Crippen molar-refractivity contribution in [1.29, 1.82) is 0 Å². The second kappa shape index (κ2) is 7.70. The summed E-state index contributed by atoms with van der Waals surface area (Å²) in [5, 5.41) is 0. The SMILES string of the molecule is CC[C@@H](N)c1ccccc1OCCc1ccc(OC)cc1. The number of ether oxygens (including phenoxy) is 2. The smallest absolute Gasteiger partial charge is 0.124 e. The highest BCUT2D eigenvalue weighted by Crippen LogP contribution is 2.25. The second-order valence-electron chi connectivity index (χ2n) is 5.00. The highest BCUT2D eigenvalue weighted by Gasteiger charge is 2.09. The summed E-state index contributed by atoms with van der Waals surface area (Å²) in [6, 6.07) is 16.1. The van der Waals surface area contributed by atoms with Crippen LogP contribution in [0.3, 0.4) is 0 Å². The van der Waals surface area contributed by atoms with Crippen LogP contribution in [0.2, 0.25) is 0 Å². The van der Waals surface area contributed by atoms with Crippen LogP contribution in [0.1, 0.15) is 30.5 Å². The van der Waals surface area contributed by atoms with E-state index in [9.17, 15) is 0 Å². The van der Waals surface area contributed by atoms with Gasteiger partial charge in [-0.2, -0.15) is 0 Å². The molecule has 112 valence electrons. The fourth-order valence-corrected chi connectivity index (χ4v) is 2.21. The van der Waals surface area contributed by atoms with E-state index < -0.39 is 0 Å². The molecule has 1 atom stereocenters. The molecule has 0 aromatic heterocycles. The number of nitrogens with two attached hydrogens (primary N) is 1. The second-order valence-corrected chi connectivity index (χ2v) is 5.00. The van der Waals surface area contributed by atoms with Crippen molar-refractivity contribution in [3.05, 3.63) is 59.7 Å². The first-order chi connectivity index (χ1) is 10.2. The molecule has 0 radical (unpaired) electrons. The van der Waals surface area contributed by atoms with E-state index in [2.05, 4.69) is 19.1 Å². The van der Waals surface area contributed by atoms with Gasteiger partial charge in [-0.1, -0.05) is 37.3 Å². The summed E-state index contributed by atoms with van der Waals surface area (Å²) >= 11 is 0. The van der Waals surface area contributed by atoms with E-state index in [-0.39, 0.29) is 6.04 Å². The molecule has 0 aliphatic heterocycles. The standard InChI is InChI=1S/C18H23NO2/c1-3-17(19)16-6-4-5-7-18(16)21-13-12-14-8-10-15(20-2)11-9-14/h4-11,17H,3,12-13,19H2,1-2H3/t17-/m1/s1.